The van der Waals surface area contributed by atoms with Gasteiger partial charge in [0.2, 0.25) is 0 Å². The Morgan fingerprint density at radius 2 is 2.22 bits per heavy atom. The molecule has 0 saturated heterocycles. The molecule has 1 aliphatic carbocycles. The van der Waals surface area contributed by atoms with Gasteiger partial charge >= 0.3 is 0 Å². The quantitative estimate of drug-likeness (QED) is 0.570. The SMILES string of the molecule is C[C@@H]1CC(F)CC1CN. The van der Waals surface area contributed by atoms with E-state index in [0.29, 0.717) is 24.8 Å². The van der Waals surface area contributed by atoms with E-state index in [1.807, 2.05) is 0 Å². The summed E-state index contributed by atoms with van der Waals surface area (Å²) in [6.45, 7) is 2.73. The van der Waals surface area contributed by atoms with Gasteiger partial charge in [-0.2, -0.15) is 0 Å². The van der Waals surface area contributed by atoms with E-state index in [1.165, 1.54) is 0 Å². The average molecular weight is 131 g/mol. The largest absolute Gasteiger partial charge is 0.330 e. The van der Waals surface area contributed by atoms with Crippen molar-refractivity contribution in [2.24, 2.45) is 17.6 Å². The highest BCUT2D eigenvalue weighted by Crippen LogP contribution is 2.32. The molecule has 0 aromatic rings. The predicted octanol–water partition coefficient (Wildman–Crippen LogP) is 1.33. The van der Waals surface area contributed by atoms with Crippen molar-refractivity contribution in [1.29, 1.82) is 0 Å². The Hall–Kier alpha value is -0.110. The van der Waals surface area contributed by atoms with E-state index in [0.717, 1.165) is 6.42 Å². The van der Waals surface area contributed by atoms with E-state index < -0.39 is 6.17 Å². The molecule has 0 aromatic carbocycles. The third kappa shape index (κ3) is 1.42. The summed E-state index contributed by atoms with van der Waals surface area (Å²) in [7, 11) is 0. The van der Waals surface area contributed by atoms with Crippen LogP contribution in [0.15, 0.2) is 0 Å². The summed E-state index contributed by atoms with van der Waals surface area (Å²) >= 11 is 0. The van der Waals surface area contributed by atoms with Gasteiger partial charge in [0, 0.05) is 0 Å². The summed E-state index contributed by atoms with van der Waals surface area (Å²) in [4.78, 5) is 0. The molecule has 9 heavy (non-hydrogen) atoms. The molecular weight excluding hydrogens is 117 g/mol. The van der Waals surface area contributed by atoms with Crippen LogP contribution in [0, 0.1) is 11.8 Å². The summed E-state index contributed by atoms with van der Waals surface area (Å²) in [6, 6.07) is 0. The first-order valence-electron chi connectivity index (χ1n) is 3.58. The molecule has 1 fully saturated rings. The Bertz CT molecular complexity index is 94.9. The molecule has 0 aromatic heterocycles. The van der Waals surface area contributed by atoms with Crippen LogP contribution < -0.4 is 5.73 Å². The molecule has 2 unspecified atom stereocenters. The van der Waals surface area contributed by atoms with Gasteiger partial charge in [0.25, 0.3) is 0 Å². The molecule has 0 radical (unpaired) electrons. The van der Waals surface area contributed by atoms with Crippen molar-refractivity contribution < 1.29 is 4.39 Å². The summed E-state index contributed by atoms with van der Waals surface area (Å²) < 4.78 is 12.6. The van der Waals surface area contributed by atoms with Crippen LogP contribution in [-0.4, -0.2) is 12.7 Å². The summed E-state index contributed by atoms with van der Waals surface area (Å²) in [5.74, 6) is 0.949. The zero-order valence-electron chi connectivity index (χ0n) is 5.81. The number of nitrogens with two attached hydrogens (primary N) is 1. The molecule has 1 nitrogen and oxygen atoms in total. The minimum absolute atomic E-state index is 0.444. The van der Waals surface area contributed by atoms with Gasteiger partial charge < -0.3 is 5.73 Å². The van der Waals surface area contributed by atoms with Gasteiger partial charge in [0.1, 0.15) is 6.17 Å². The van der Waals surface area contributed by atoms with E-state index in [4.69, 9.17) is 5.73 Å². The second kappa shape index (κ2) is 2.65. The molecule has 1 rings (SSSR count). The van der Waals surface area contributed by atoms with E-state index in [1.54, 1.807) is 0 Å². The summed E-state index contributed by atoms with van der Waals surface area (Å²) in [5.41, 5.74) is 5.42. The Morgan fingerprint density at radius 3 is 2.44 bits per heavy atom. The lowest BCUT2D eigenvalue weighted by Crippen LogP contribution is -2.16. The van der Waals surface area contributed by atoms with Crippen LogP contribution in [0.5, 0.6) is 0 Å². The minimum atomic E-state index is -0.575. The molecule has 0 heterocycles. The molecule has 2 N–H and O–H groups in total. The lowest BCUT2D eigenvalue weighted by Gasteiger charge is -2.09. The van der Waals surface area contributed by atoms with Crippen molar-refractivity contribution >= 4 is 0 Å². The zero-order chi connectivity index (χ0) is 6.85. The van der Waals surface area contributed by atoms with Crippen LogP contribution >= 0.6 is 0 Å². The lowest BCUT2D eigenvalue weighted by atomic mass is 9.99. The highest BCUT2D eigenvalue weighted by Gasteiger charge is 2.29. The Kier molecular flexibility index (Phi) is 2.06. The standard InChI is InChI=1S/C7H14FN/c1-5-2-7(8)3-6(5)4-9/h5-7H,2-4,9H2,1H3/t5-,6?,7?/m1/s1. The van der Waals surface area contributed by atoms with E-state index in [-0.39, 0.29) is 0 Å². The Morgan fingerprint density at radius 1 is 1.56 bits per heavy atom. The number of rotatable bonds is 1. The van der Waals surface area contributed by atoms with Gasteiger partial charge in [-0.25, -0.2) is 4.39 Å². The van der Waals surface area contributed by atoms with E-state index in [2.05, 4.69) is 6.92 Å². The summed E-state index contributed by atoms with van der Waals surface area (Å²) in [6.07, 6.45) is 0.841. The highest BCUT2D eigenvalue weighted by atomic mass is 19.1. The van der Waals surface area contributed by atoms with Gasteiger partial charge in [0.05, 0.1) is 0 Å². The van der Waals surface area contributed by atoms with Gasteiger partial charge in [0.15, 0.2) is 0 Å². The summed E-state index contributed by atoms with van der Waals surface area (Å²) in [5, 5.41) is 0. The number of hydrogen-bond donors (Lipinski definition) is 1. The Balaban J connectivity index is 2.38. The van der Waals surface area contributed by atoms with Crippen molar-refractivity contribution in [3.8, 4) is 0 Å². The van der Waals surface area contributed by atoms with Crippen molar-refractivity contribution in [3.63, 3.8) is 0 Å². The number of halogens is 1. The topological polar surface area (TPSA) is 26.0 Å². The minimum Gasteiger partial charge on any atom is -0.330 e. The first-order chi connectivity index (χ1) is 4.24. The highest BCUT2D eigenvalue weighted by molar-refractivity contribution is 4.80. The third-order valence-corrected chi connectivity index (χ3v) is 2.29. The third-order valence-electron chi connectivity index (χ3n) is 2.29. The number of hydrogen-bond acceptors (Lipinski definition) is 1. The van der Waals surface area contributed by atoms with Gasteiger partial charge in [-0.3, -0.25) is 0 Å². The molecule has 1 saturated carbocycles. The molecule has 0 spiro atoms. The fourth-order valence-electron chi connectivity index (χ4n) is 1.58. The fourth-order valence-corrected chi connectivity index (χ4v) is 1.58. The second-order valence-corrected chi connectivity index (χ2v) is 3.04. The van der Waals surface area contributed by atoms with Gasteiger partial charge in [-0.05, 0) is 31.2 Å². The molecule has 54 valence electrons. The molecule has 0 bridgehead atoms. The van der Waals surface area contributed by atoms with Crippen LogP contribution in [0.4, 0.5) is 4.39 Å². The fraction of sp³-hybridized carbons (Fsp3) is 1.00. The average Bonchev–Trinajstić information content (AvgIpc) is 2.10. The lowest BCUT2D eigenvalue weighted by molar-refractivity contribution is 0.330. The second-order valence-electron chi connectivity index (χ2n) is 3.04. The van der Waals surface area contributed by atoms with Crippen molar-refractivity contribution in [1.82, 2.24) is 0 Å². The number of alkyl halides is 1. The molecule has 1 aliphatic rings. The Labute approximate surface area is 55.4 Å². The van der Waals surface area contributed by atoms with Crippen LogP contribution in [0.3, 0.4) is 0 Å². The molecular formula is C7H14FN. The van der Waals surface area contributed by atoms with Crippen LogP contribution in [-0.2, 0) is 0 Å². The normalized spacial score (nSPS) is 43.7. The first-order valence-corrected chi connectivity index (χ1v) is 3.58. The predicted molar refractivity (Wildman–Crippen MR) is 35.8 cm³/mol. The van der Waals surface area contributed by atoms with Gasteiger partial charge in [-0.1, -0.05) is 6.92 Å². The maximum Gasteiger partial charge on any atom is 0.101 e. The van der Waals surface area contributed by atoms with Gasteiger partial charge in [-0.15, -0.1) is 0 Å². The van der Waals surface area contributed by atoms with Crippen molar-refractivity contribution in [2.45, 2.75) is 25.9 Å². The molecule has 0 amide bonds. The van der Waals surface area contributed by atoms with Crippen LogP contribution in [0.1, 0.15) is 19.8 Å². The van der Waals surface area contributed by atoms with Crippen molar-refractivity contribution in [2.75, 3.05) is 6.54 Å². The monoisotopic (exact) mass is 131 g/mol. The maximum absolute atomic E-state index is 12.6. The molecule has 0 aliphatic heterocycles. The van der Waals surface area contributed by atoms with Crippen LogP contribution in [0.2, 0.25) is 0 Å². The van der Waals surface area contributed by atoms with Crippen molar-refractivity contribution in [3.05, 3.63) is 0 Å². The zero-order valence-corrected chi connectivity index (χ0v) is 5.81. The maximum atomic E-state index is 12.6. The van der Waals surface area contributed by atoms with Crippen LogP contribution in [0.25, 0.3) is 0 Å². The first kappa shape index (κ1) is 7.00. The van der Waals surface area contributed by atoms with E-state index in [9.17, 15) is 4.39 Å². The molecule has 2 heteroatoms. The smallest absolute Gasteiger partial charge is 0.101 e. The van der Waals surface area contributed by atoms with E-state index >= 15 is 0 Å². The molecule has 3 atom stereocenters.